The minimum Gasteiger partial charge on any atom is -0.336 e. The van der Waals surface area contributed by atoms with Gasteiger partial charge in [0.15, 0.2) is 0 Å². The van der Waals surface area contributed by atoms with Crippen LogP contribution in [-0.4, -0.2) is 19.9 Å². The van der Waals surface area contributed by atoms with Crippen molar-refractivity contribution in [3.8, 4) is 10.6 Å². The van der Waals surface area contributed by atoms with Gasteiger partial charge in [-0.25, -0.2) is 9.97 Å². The van der Waals surface area contributed by atoms with E-state index >= 15 is 0 Å². The van der Waals surface area contributed by atoms with Crippen LogP contribution in [0.2, 0.25) is 5.02 Å². The van der Waals surface area contributed by atoms with Crippen LogP contribution in [0.4, 0.5) is 5.69 Å². The molecule has 2 heterocycles. The summed E-state index contributed by atoms with van der Waals surface area (Å²) < 4.78 is 0.487. The fourth-order valence-corrected chi connectivity index (χ4v) is 3.04. The highest BCUT2D eigenvalue weighted by atomic mass is 35.5. The number of nitro groups is 1. The van der Waals surface area contributed by atoms with Crippen molar-refractivity contribution in [3.63, 3.8) is 0 Å². The monoisotopic (exact) mass is 324 g/mol. The molecule has 0 aliphatic rings. The van der Waals surface area contributed by atoms with E-state index < -0.39 is 4.92 Å². The Morgan fingerprint density at radius 1 is 1.45 bits per heavy atom. The highest BCUT2D eigenvalue weighted by Crippen LogP contribution is 2.33. The standard InChI is InChI=1S/C11H5ClN4O2S2/c12-6-2-1-5(3-7(6)16(17)18)10-15-8-9(19)13-4-14-11(8)20-10/h1-4H,(H,13,14,19). The van der Waals surface area contributed by atoms with E-state index in [4.69, 9.17) is 23.8 Å². The lowest BCUT2D eigenvalue weighted by Gasteiger charge is -1.98. The summed E-state index contributed by atoms with van der Waals surface area (Å²) in [6.45, 7) is 0. The Kier molecular flexibility index (Phi) is 3.20. The number of nitrogens with one attached hydrogen (secondary N) is 1. The van der Waals surface area contributed by atoms with Crippen molar-refractivity contribution in [2.45, 2.75) is 0 Å². The Labute approximate surface area is 126 Å². The highest BCUT2D eigenvalue weighted by molar-refractivity contribution is 7.71. The van der Waals surface area contributed by atoms with Crippen molar-refractivity contribution in [3.05, 3.63) is 44.3 Å². The number of hydrogen-bond acceptors (Lipinski definition) is 6. The predicted octanol–water partition coefficient (Wildman–Crippen LogP) is 3.98. The van der Waals surface area contributed by atoms with Crippen LogP contribution in [-0.2, 0) is 0 Å². The third-order valence-electron chi connectivity index (χ3n) is 2.59. The number of nitro benzene ring substituents is 1. The van der Waals surface area contributed by atoms with E-state index in [1.54, 1.807) is 6.07 Å². The largest absolute Gasteiger partial charge is 0.336 e. The molecule has 0 saturated heterocycles. The summed E-state index contributed by atoms with van der Waals surface area (Å²) in [7, 11) is 0. The van der Waals surface area contributed by atoms with Crippen molar-refractivity contribution in [2.75, 3.05) is 0 Å². The maximum atomic E-state index is 10.9. The maximum Gasteiger partial charge on any atom is 0.288 e. The number of halogens is 1. The molecule has 0 spiro atoms. The van der Waals surface area contributed by atoms with Crippen molar-refractivity contribution in [1.82, 2.24) is 15.0 Å². The van der Waals surface area contributed by atoms with Crippen LogP contribution in [0.3, 0.4) is 0 Å². The number of thiazole rings is 1. The summed E-state index contributed by atoms with van der Waals surface area (Å²) in [6, 6.07) is 4.56. The summed E-state index contributed by atoms with van der Waals surface area (Å²) in [6.07, 6.45) is 1.50. The summed E-state index contributed by atoms with van der Waals surface area (Å²) >= 11 is 12.2. The molecule has 0 aliphatic carbocycles. The first-order chi connectivity index (χ1) is 9.56. The van der Waals surface area contributed by atoms with Gasteiger partial charge < -0.3 is 4.98 Å². The summed E-state index contributed by atoms with van der Waals surface area (Å²) in [5.41, 5.74) is 1.04. The van der Waals surface area contributed by atoms with Gasteiger partial charge in [0.25, 0.3) is 5.69 Å². The molecule has 3 aromatic rings. The normalized spacial score (nSPS) is 10.8. The Morgan fingerprint density at radius 2 is 2.25 bits per heavy atom. The van der Waals surface area contributed by atoms with Crippen LogP contribution in [0.15, 0.2) is 24.5 Å². The zero-order chi connectivity index (χ0) is 14.3. The average molecular weight is 325 g/mol. The van der Waals surface area contributed by atoms with Gasteiger partial charge in [-0.15, -0.1) is 0 Å². The Morgan fingerprint density at radius 3 is 2.95 bits per heavy atom. The number of aromatic nitrogens is 3. The lowest BCUT2D eigenvalue weighted by atomic mass is 10.2. The van der Waals surface area contributed by atoms with E-state index in [2.05, 4.69) is 15.0 Å². The van der Waals surface area contributed by atoms with Gasteiger partial charge in [-0.3, -0.25) is 10.1 Å². The molecule has 0 radical (unpaired) electrons. The molecule has 0 saturated carbocycles. The van der Waals surface area contributed by atoms with Crippen LogP contribution < -0.4 is 0 Å². The Balaban J connectivity index is 2.21. The Bertz CT molecular complexity index is 890. The van der Waals surface area contributed by atoms with Gasteiger partial charge in [-0.1, -0.05) is 35.2 Å². The number of hydrogen-bond donors (Lipinski definition) is 1. The van der Waals surface area contributed by atoms with Crippen molar-refractivity contribution < 1.29 is 4.92 Å². The van der Waals surface area contributed by atoms with E-state index in [1.165, 1.54) is 29.8 Å². The summed E-state index contributed by atoms with van der Waals surface area (Å²) in [4.78, 5) is 22.4. The lowest BCUT2D eigenvalue weighted by Crippen LogP contribution is -1.89. The van der Waals surface area contributed by atoms with Crippen molar-refractivity contribution in [1.29, 1.82) is 0 Å². The summed E-state index contributed by atoms with van der Waals surface area (Å²) in [5, 5.41) is 11.6. The van der Waals surface area contributed by atoms with Gasteiger partial charge >= 0.3 is 0 Å². The number of aromatic amines is 1. The van der Waals surface area contributed by atoms with Gasteiger partial charge in [0.2, 0.25) is 0 Å². The zero-order valence-electron chi connectivity index (χ0n) is 9.66. The molecule has 3 rings (SSSR count). The lowest BCUT2D eigenvalue weighted by molar-refractivity contribution is -0.384. The van der Waals surface area contributed by atoms with Gasteiger partial charge in [-0.05, 0) is 12.1 Å². The van der Waals surface area contributed by atoms with Crippen molar-refractivity contribution in [2.24, 2.45) is 0 Å². The molecule has 20 heavy (non-hydrogen) atoms. The number of rotatable bonds is 2. The topological polar surface area (TPSA) is 84.7 Å². The van der Waals surface area contributed by atoms with E-state index in [1.807, 2.05) is 0 Å². The van der Waals surface area contributed by atoms with Gasteiger partial charge in [0.1, 0.15) is 25.0 Å². The molecule has 0 aliphatic heterocycles. The molecular weight excluding hydrogens is 320 g/mol. The minimum absolute atomic E-state index is 0.0928. The molecule has 2 aromatic heterocycles. The third kappa shape index (κ3) is 2.17. The fraction of sp³-hybridized carbons (Fsp3) is 0. The van der Waals surface area contributed by atoms with Gasteiger partial charge in [0.05, 0.1) is 11.3 Å². The fourth-order valence-electron chi connectivity index (χ4n) is 1.67. The number of nitrogens with zero attached hydrogens (tertiary/aromatic N) is 3. The van der Waals surface area contributed by atoms with E-state index in [9.17, 15) is 10.1 Å². The molecule has 9 heteroatoms. The van der Waals surface area contributed by atoms with Gasteiger partial charge in [-0.2, -0.15) is 0 Å². The maximum absolute atomic E-state index is 10.9. The SMILES string of the molecule is O=[N+]([O-])c1cc(-c2nc3c(=S)[nH]cnc3s2)ccc1Cl. The van der Waals surface area contributed by atoms with Crippen LogP contribution >= 0.6 is 35.2 Å². The summed E-state index contributed by atoms with van der Waals surface area (Å²) in [5.74, 6) is 0. The molecule has 0 atom stereocenters. The molecular formula is C11H5ClN4O2S2. The molecule has 100 valence electrons. The minimum atomic E-state index is -0.524. The van der Waals surface area contributed by atoms with E-state index in [0.29, 0.717) is 25.6 Å². The first-order valence-corrected chi connectivity index (χ1v) is 6.95. The quantitative estimate of drug-likeness (QED) is 0.438. The second-order valence-electron chi connectivity index (χ2n) is 3.83. The first-order valence-electron chi connectivity index (χ1n) is 5.35. The van der Waals surface area contributed by atoms with E-state index in [0.717, 1.165) is 0 Å². The smallest absolute Gasteiger partial charge is 0.288 e. The molecule has 0 amide bonds. The molecule has 0 fully saturated rings. The van der Waals surface area contributed by atoms with Crippen LogP contribution in [0.1, 0.15) is 0 Å². The first kappa shape index (κ1) is 13.1. The van der Waals surface area contributed by atoms with Gasteiger partial charge in [0, 0.05) is 11.6 Å². The predicted molar refractivity (Wildman–Crippen MR) is 79.7 cm³/mol. The van der Waals surface area contributed by atoms with Crippen LogP contribution in [0.5, 0.6) is 0 Å². The van der Waals surface area contributed by atoms with E-state index in [-0.39, 0.29) is 10.7 Å². The van der Waals surface area contributed by atoms with Crippen LogP contribution in [0, 0.1) is 14.8 Å². The highest BCUT2D eigenvalue weighted by Gasteiger charge is 2.16. The molecule has 0 unspecified atom stereocenters. The average Bonchev–Trinajstić information content (AvgIpc) is 2.84. The zero-order valence-corrected chi connectivity index (χ0v) is 12.1. The molecule has 6 nitrogen and oxygen atoms in total. The second kappa shape index (κ2) is 4.89. The number of benzene rings is 1. The molecule has 1 aromatic carbocycles. The third-order valence-corrected chi connectivity index (χ3v) is 4.23. The molecule has 0 bridgehead atoms. The number of fused-ring (bicyclic) bond motifs is 1. The van der Waals surface area contributed by atoms with Crippen molar-refractivity contribution >= 4 is 51.2 Å². The Hall–Kier alpha value is -1.90. The van der Waals surface area contributed by atoms with Crippen LogP contribution in [0.25, 0.3) is 20.9 Å². The number of H-pyrrole nitrogens is 1. The molecule has 1 N–H and O–H groups in total. The second-order valence-corrected chi connectivity index (χ2v) is 5.62.